The van der Waals surface area contributed by atoms with Crippen molar-refractivity contribution in [3.05, 3.63) is 0 Å². The van der Waals surface area contributed by atoms with E-state index < -0.39 is 5.54 Å². The van der Waals surface area contributed by atoms with Gasteiger partial charge in [0.2, 0.25) is 5.91 Å². The molecule has 2 aliphatic carbocycles. The molecule has 4 heteroatoms. The van der Waals surface area contributed by atoms with Gasteiger partial charge >= 0.3 is 0 Å². The molecule has 0 heterocycles. The lowest BCUT2D eigenvalue weighted by atomic mass is 9.79. The normalized spacial score (nSPS) is 31.2. The highest BCUT2D eigenvalue weighted by Crippen LogP contribution is 2.34. The van der Waals surface area contributed by atoms with E-state index in [4.69, 9.17) is 10.5 Å². The molecule has 116 valence electrons. The molecular weight excluding hydrogens is 252 g/mol. The van der Waals surface area contributed by atoms with Gasteiger partial charge in [-0.15, -0.1) is 0 Å². The van der Waals surface area contributed by atoms with Crippen molar-refractivity contribution in [1.82, 2.24) is 5.32 Å². The summed E-state index contributed by atoms with van der Waals surface area (Å²) in [4.78, 5) is 11.9. The Morgan fingerprint density at radius 3 is 2.60 bits per heavy atom. The van der Waals surface area contributed by atoms with Crippen molar-refractivity contribution >= 4 is 5.91 Å². The van der Waals surface area contributed by atoms with Gasteiger partial charge in [-0.3, -0.25) is 4.79 Å². The molecule has 2 saturated carbocycles. The van der Waals surface area contributed by atoms with Gasteiger partial charge in [-0.25, -0.2) is 0 Å². The van der Waals surface area contributed by atoms with E-state index in [1.165, 1.54) is 12.8 Å². The Hall–Kier alpha value is -0.610. The number of primary amides is 1. The zero-order chi connectivity index (χ0) is 14.8. The summed E-state index contributed by atoms with van der Waals surface area (Å²) in [7, 11) is 0. The van der Waals surface area contributed by atoms with E-state index in [0.29, 0.717) is 11.5 Å². The van der Waals surface area contributed by atoms with Crippen LogP contribution in [0.3, 0.4) is 0 Å². The van der Waals surface area contributed by atoms with E-state index in [2.05, 4.69) is 26.1 Å². The average Bonchev–Trinajstić information content (AvgIpc) is 3.11. The van der Waals surface area contributed by atoms with E-state index >= 15 is 0 Å². The fourth-order valence-electron chi connectivity index (χ4n) is 2.94. The highest BCUT2D eigenvalue weighted by Gasteiger charge is 2.44. The van der Waals surface area contributed by atoms with Crippen molar-refractivity contribution < 1.29 is 9.53 Å². The number of hydrogen-bond acceptors (Lipinski definition) is 3. The van der Waals surface area contributed by atoms with Crippen molar-refractivity contribution in [1.29, 1.82) is 0 Å². The zero-order valence-electron chi connectivity index (χ0n) is 13.2. The average molecular weight is 282 g/mol. The van der Waals surface area contributed by atoms with Gasteiger partial charge in [-0.1, -0.05) is 20.8 Å². The van der Waals surface area contributed by atoms with Crippen LogP contribution < -0.4 is 11.1 Å². The first-order valence-corrected chi connectivity index (χ1v) is 8.00. The summed E-state index contributed by atoms with van der Waals surface area (Å²) in [6, 6.07) is 0.496. The number of rotatable bonds is 6. The van der Waals surface area contributed by atoms with Crippen LogP contribution in [0.5, 0.6) is 0 Å². The van der Waals surface area contributed by atoms with E-state index in [-0.39, 0.29) is 12.0 Å². The van der Waals surface area contributed by atoms with Gasteiger partial charge < -0.3 is 15.8 Å². The van der Waals surface area contributed by atoms with Crippen LogP contribution in [0.2, 0.25) is 0 Å². The fourth-order valence-corrected chi connectivity index (χ4v) is 2.94. The van der Waals surface area contributed by atoms with Gasteiger partial charge in [0, 0.05) is 19.1 Å². The third kappa shape index (κ3) is 4.45. The Balaban J connectivity index is 1.87. The molecule has 2 aliphatic rings. The summed E-state index contributed by atoms with van der Waals surface area (Å²) in [5.74, 6) is -0.200. The molecule has 0 spiro atoms. The lowest BCUT2D eigenvalue weighted by Crippen LogP contribution is -2.59. The van der Waals surface area contributed by atoms with Gasteiger partial charge in [0.1, 0.15) is 5.54 Å². The van der Waals surface area contributed by atoms with Gasteiger partial charge in [0.25, 0.3) is 0 Å². The van der Waals surface area contributed by atoms with Crippen molar-refractivity contribution in [2.75, 3.05) is 6.61 Å². The Morgan fingerprint density at radius 2 is 2.05 bits per heavy atom. The van der Waals surface area contributed by atoms with Crippen molar-refractivity contribution in [2.24, 2.45) is 11.1 Å². The zero-order valence-corrected chi connectivity index (χ0v) is 13.2. The second-order valence-electron chi connectivity index (χ2n) is 7.76. The second-order valence-corrected chi connectivity index (χ2v) is 7.76. The van der Waals surface area contributed by atoms with Gasteiger partial charge in [-0.05, 0) is 43.9 Å². The smallest absolute Gasteiger partial charge is 0.237 e. The summed E-state index contributed by atoms with van der Waals surface area (Å²) in [6.07, 6.45) is 7.22. The summed E-state index contributed by atoms with van der Waals surface area (Å²) in [5.41, 5.74) is 5.45. The molecule has 2 atom stereocenters. The molecule has 2 unspecified atom stereocenters. The Morgan fingerprint density at radius 1 is 1.35 bits per heavy atom. The summed E-state index contributed by atoms with van der Waals surface area (Å²) in [6.45, 7) is 7.44. The maximum absolute atomic E-state index is 11.9. The van der Waals surface area contributed by atoms with Crippen LogP contribution in [-0.2, 0) is 9.53 Å². The first-order chi connectivity index (χ1) is 9.31. The molecular formula is C16H30N2O2. The van der Waals surface area contributed by atoms with Crippen LogP contribution in [-0.4, -0.2) is 30.2 Å². The Labute approximate surface area is 122 Å². The van der Waals surface area contributed by atoms with E-state index in [1.54, 1.807) is 0 Å². The summed E-state index contributed by atoms with van der Waals surface area (Å²) in [5, 5.41) is 3.49. The van der Waals surface area contributed by atoms with Crippen LogP contribution in [0.15, 0.2) is 0 Å². The predicted octanol–water partition coefficient (Wildman–Crippen LogP) is 2.36. The molecule has 20 heavy (non-hydrogen) atoms. The van der Waals surface area contributed by atoms with Crippen LogP contribution in [0.1, 0.15) is 65.7 Å². The maximum Gasteiger partial charge on any atom is 0.237 e. The molecule has 3 N–H and O–H groups in total. The number of hydrogen-bond donors (Lipinski definition) is 2. The number of nitrogens with one attached hydrogen (secondary N) is 1. The highest BCUT2D eigenvalue weighted by atomic mass is 16.5. The topological polar surface area (TPSA) is 64.3 Å². The quantitative estimate of drug-likeness (QED) is 0.786. The lowest BCUT2D eigenvalue weighted by molar-refractivity contribution is -0.128. The van der Waals surface area contributed by atoms with E-state index in [9.17, 15) is 4.79 Å². The first-order valence-electron chi connectivity index (χ1n) is 8.00. The molecule has 0 aromatic rings. The standard InChI is InChI=1S/C16H30N2O2/c1-15(2,3)9-10-20-13-5-4-8-16(11-13,14(17)19)18-12-6-7-12/h12-13,18H,4-11H2,1-3H3,(H2,17,19). The fraction of sp³-hybridized carbons (Fsp3) is 0.938. The lowest BCUT2D eigenvalue weighted by Gasteiger charge is -2.39. The number of carbonyl (C=O) groups excluding carboxylic acids is 1. The van der Waals surface area contributed by atoms with Crippen LogP contribution in [0.4, 0.5) is 0 Å². The molecule has 2 fully saturated rings. The van der Waals surface area contributed by atoms with Crippen molar-refractivity contribution in [3.8, 4) is 0 Å². The minimum atomic E-state index is -0.522. The first kappa shape index (κ1) is 15.8. The molecule has 0 aromatic carbocycles. The summed E-state index contributed by atoms with van der Waals surface area (Å²) < 4.78 is 6.02. The largest absolute Gasteiger partial charge is 0.378 e. The Kier molecular flexibility index (Phi) is 4.75. The van der Waals surface area contributed by atoms with Gasteiger partial charge in [0.05, 0.1) is 6.10 Å². The summed E-state index contributed by atoms with van der Waals surface area (Å²) >= 11 is 0. The number of nitrogens with two attached hydrogens (primary N) is 1. The van der Waals surface area contributed by atoms with Crippen LogP contribution in [0, 0.1) is 5.41 Å². The van der Waals surface area contributed by atoms with E-state index in [0.717, 1.165) is 38.7 Å². The predicted molar refractivity (Wildman–Crippen MR) is 80.4 cm³/mol. The molecule has 1 amide bonds. The minimum Gasteiger partial charge on any atom is -0.378 e. The van der Waals surface area contributed by atoms with Gasteiger partial charge in [-0.2, -0.15) is 0 Å². The van der Waals surface area contributed by atoms with Crippen molar-refractivity contribution in [2.45, 2.75) is 83.4 Å². The van der Waals surface area contributed by atoms with Crippen LogP contribution >= 0.6 is 0 Å². The molecule has 0 aliphatic heterocycles. The Bertz CT molecular complexity index is 347. The third-order valence-electron chi connectivity index (χ3n) is 4.44. The molecule has 2 rings (SSSR count). The van der Waals surface area contributed by atoms with Crippen molar-refractivity contribution in [3.63, 3.8) is 0 Å². The second kappa shape index (κ2) is 6.02. The van der Waals surface area contributed by atoms with Crippen LogP contribution in [0.25, 0.3) is 0 Å². The monoisotopic (exact) mass is 282 g/mol. The maximum atomic E-state index is 11.9. The molecule has 0 bridgehead atoms. The van der Waals surface area contributed by atoms with E-state index in [1.807, 2.05) is 0 Å². The van der Waals surface area contributed by atoms with Gasteiger partial charge in [0.15, 0.2) is 0 Å². The molecule has 0 saturated heterocycles. The highest BCUT2D eigenvalue weighted by molar-refractivity contribution is 5.85. The molecule has 0 radical (unpaired) electrons. The number of ether oxygens (including phenoxy) is 1. The minimum absolute atomic E-state index is 0.171. The SMILES string of the molecule is CC(C)(C)CCOC1CCCC(NC2CC2)(C(N)=O)C1. The number of amides is 1. The number of carbonyl (C=O) groups is 1. The molecule has 4 nitrogen and oxygen atoms in total. The molecule has 0 aromatic heterocycles. The third-order valence-corrected chi connectivity index (χ3v) is 4.44.